The molecule has 0 aliphatic heterocycles. The predicted molar refractivity (Wildman–Crippen MR) is 50.7 cm³/mol. The van der Waals surface area contributed by atoms with E-state index in [1.165, 1.54) is 18.4 Å². The second-order valence-electron chi connectivity index (χ2n) is 2.40. The second kappa shape index (κ2) is 3.89. The van der Waals surface area contributed by atoms with Crippen LogP contribution in [-0.4, -0.2) is 21.5 Å². The smallest absolute Gasteiger partial charge is 0.337 e. The summed E-state index contributed by atoms with van der Waals surface area (Å²) in [6, 6.07) is 4.30. The molecule has 0 spiro atoms. The van der Waals surface area contributed by atoms with Crippen molar-refractivity contribution in [3.63, 3.8) is 0 Å². The van der Waals surface area contributed by atoms with E-state index in [1.54, 1.807) is 6.07 Å². The quantitative estimate of drug-likeness (QED) is 0.823. The summed E-state index contributed by atoms with van der Waals surface area (Å²) < 4.78 is 11.0. The van der Waals surface area contributed by atoms with Gasteiger partial charge in [-0.2, -0.15) is 0 Å². The molecule has 5 heteroatoms. The molecule has 0 fully saturated rings. The van der Waals surface area contributed by atoms with Crippen LogP contribution in [0.25, 0.3) is 0 Å². The summed E-state index contributed by atoms with van der Waals surface area (Å²) in [5.41, 5.74) is -0.0191. The summed E-state index contributed by atoms with van der Waals surface area (Å²) >= 11 is 5.62. The first kappa shape index (κ1) is 10.2. The molecule has 1 unspecified atom stereocenters. The number of rotatable bonds is 2. The van der Waals surface area contributed by atoms with Crippen LogP contribution in [0.3, 0.4) is 0 Å². The van der Waals surface area contributed by atoms with E-state index in [2.05, 4.69) is 0 Å². The molecule has 0 aliphatic rings. The molecule has 70 valence electrons. The van der Waals surface area contributed by atoms with E-state index in [4.69, 9.17) is 16.7 Å². The van der Waals surface area contributed by atoms with Gasteiger partial charge in [-0.1, -0.05) is 11.6 Å². The zero-order valence-electron chi connectivity index (χ0n) is 6.78. The normalized spacial score (nSPS) is 12.5. The lowest BCUT2D eigenvalue weighted by atomic mass is 10.2. The molecule has 0 bridgehead atoms. The predicted octanol–water partition coefficient (Wildman–Crippen LogP) is 1.78. The Morgan fingerprint density at radius 2 is 2.15 bits per heavy atom. The molecule has 0 radical (unpaired) electrons. The van der Waals surface area contributed by atoms with Gasteiger partial charge < -0.3 is 5.11 Å². The van der Waals surface area contributed by atoms with E-state index < -0.39 is 16.8 Å². The van der Waals surface area contributed by atoms with Crippen LogP contribution in [0.5, 0.6) is 0 Å². The SMILES string of the molecule is CS(=O)c1ccc(Cl)c(C(=O)O)c1. The van der Waals surface area contributed by atoms with Crippen LogP contribution >= 0.6 is 11.6 Å². The summed E-state index contributed by atoms with van der Waals surface area (Å²) in [6.45, 7) is 0. The number of aromatic carboxylic acids is 1. The van der Waals surface area contributed by atoms with Gasteiger partial charge in [0.05, 0.1) is 10.6 Å². The Morgan fingerprint density at radius 3 is 2.62 bits per heavy atom. The molecule has 0 amide bonds. The average Bonchev–Trinajstić information content (AvgIpc) is 2.04. The summed E-state index contributed by atoms with van der Waals surface area (Å²) in [5.74, 6) is -1.11. The summed E-state index contributed by atoms with van der Waals surface area (Å²) in [7, 11) is -1.19. The Balaban J connectivity index is 3.27. The Labute approximate surface area is 82.8 Å². The van der Waals surface area contributed by atoms with Crippen molar-refractivity contribution >= 4 is 28.4 Å². The number of carboxylic acid groups (broad SMARTS) is 1. The van der Waals surface area contributed by atoms with Gasteiger partial charge in [-0.15, -0.1) is 0 Å². The van der Waals surface area contributed by atoms with E-state index >= 15 is 0 Å². The van der Waals surface area contributed by atoms with Crippen molar-refractivity contribution in [1.29, 1.82) is 0 Å². The first-order chi connectivity index (χ1) is 6.02. The van der Waals surface area contributed by atoms with Crippen molar-refractivity contribution in [1.82, 2.24) is 0 Å². The zero-order chi connectivity index (χ0) is 10.0. The van der Waals surface area contributed by atoms with Crippen LogP contribution in [0.4, 0.5) is 0 Å². The van der Waals surface area contributed by atoms with Gasteiger partial charge in [-0.3, -0.25) is 4.21 Å². The van der Waals surface area contributed by atoms with Gasteiger partial charge in [0.2, 0.25) is 0 Å². The highest BCUT2D eigenvalue weighted by Gasteiger charge is 2.10. The maximum Gasteiger partial charge on any atom is 0.337 e. The van der Waals surface area contributed by atoms with E-state index in [0.29, 0.717) is 4.90 Å². The molecule has 0 saturated heterocycles. The number of halogens is 1. The van der Waals surface area contributed by atoms with Crippen molar-refractivity contribution in [2.24, 2.45) is 0 Å². The van der Waals surface area contributed by atoms with Gasteiger partial charge in [0.15, 0.2) is 0 Å². The van der Waals surface area contributed by atoms with Crippen LogP contribution in [0.15, 0.2) is 23.1 Å². The van der Waals surface area contributed by atoms with Gasteiger partial charge in [0.25, 0.3) is 0 Å². The fourth-order valence-electron chi connectivity index (χ4n) is 0.847. The standard InChI is InChI=1S/C8H7ClO3S/c1-13(12)5-2-3-7(9)6(4-5)8(10)11/h2-4H,1H3,(H,10,11). The zero-order valence-corrected chi connectivity index (χ0v) is 8.35. The van der Waals surface area contributed by atoms with Crippen molar-refractivity contribution in [2.45, 2.75) is 4.90 Å². The molecule has 0 aliphatic carbocycles. The summed E-state index contributed by atoms with van der Waals surface area (Å²) in [4.78, 5) is 11.1. The molecule has 1 aromatic rings. The molecule has 0 heterocycles. The molecule has 1 N–H and O–H groups in total. The number of hydrogen-bond donors (Lipinski definition) is 1. The van der Waals surface area contributed by atoms with E-state index in [9.17, 15) is 9.00 Å². The largest absolute Gasteiger partial charge is 0.478 e. The Bertz CT molecular complexity index is 376. The Kier molecular flexibility index (Phi) is 3.06. The van der Waals surface area contributed by atoms with Crippen molar-refractivity contribution in [3.05, 3.63) is 28.8 Å². The molecule has 13 heavy (non-hydrogen) atoms. The van der Waals surface area contributed by atoms with Crippen molar-refractivity contribution in [2.75, 3.05) is 6.26 Å². The lowest BCUT2D eigenvalue weighted by Crippen LogP contribution is -1.99. The minimum Gasteiger partial charge on any atom is -0.478 e. The van der Waals surface area contributed by atoms with Gasteiger partial charge >= 0.3 is 5.97 Å². The lowest BCUT2D eigenvalue weighted by molar-refractivity contribution is 0.0697. The lowest BCUT2D eigenvalue weighted by Gasteiger charge is -2.00. The third kappa shape index (κ3) is 2.29. The number of benzene rings is 1. The highest BCUT2D eigenvalue weighted by molar-refractivity contribution is 7.84. The van der Waals surface area contributed by atoms with Crippen molar-refractivity contribution < 1.29 is 14.1 Å². The third-order valence-electron chi connectivity index (χ3n) is 1.50. The fraction of sp³-hybridized carbons (Fsp3) is 0.125. The van der Waals surface area contributed by atoms with Gasteiger partial charge in [-0.25, -0.2) is 4.79 Å². The first-order valence-electron chi connectivity index (χ1n) is 3.38. The Hall–Kier alpha value is -0.870. The molecule has 0 saturated carbocycles. The van der Waals surface area contributed by atoms with Gasteiger partial charge in [-0.05, 0) is 18.2 Å². The number of carbonyl (C=O) groups is 1. The van der Waals surface area contributed by atoms with E-state index in [0.717, 1.165) is 0 Å². The van der Waals surface area contributed by atoms with Crippen molar-refractivity contribution in [3.8, 4) is 0 Å². The molecular weight excluding hydrogens is 212 g/mol. The number of hydrogen-bond acceptors (Lipinski definition) is 2. The van der Waals surface area contributed by atoms with Crippen LogP contribution in [0.1, 0.15) is 10.4 Å². The highest BCUT2D eigenvalue weighted by Crippen LogP contribution is 2.18. The van der Waals surface area contributed by atoms with Crippen LogP contribution in [0.2, 0.25) is 5.02 Å². The summed E-state index contributed by atoms with van der Waals surface area (Å²) in [6.07, 6.45) is 1.48. The maximum atomic E-state index is 11.0. The molecule has 1 rings (SSSR count). The monoisotopic (exact) mass is 218 g/mol. The fourth-order valence-corrected chi connectivity index (χ4v) is 1.59. The van der Waals surface area contributed by atoms with E-state index in [-0.39, 0.29) is 10.6 Å². The minimum atomic E-state index is -1.19. The third-order valence-corrected chi connectivity index (χ3v) is 2.75. The molecule has 1 atom stereocenters. The molecule has 3 nitrogen and oxygen atoms in total. The van der Waals surface area contributed by atoms with Gasteiger partial charge in [0.1, 0.15) is 0 Å². The maximum absolute atomic E-state index is 11.0. The van der Waals surface area contributed by atoms with E-state index in [1.807, 2.05) is 0 Å². The Morgan fingerprint density at radius 1 is 1.54 bits per heavy atom. The second-order valence-corrected chi connectivity index (χ2v) is 4.19. The summed E-state index contributed by atoms with van der Waals surface area (Å²) in [5, 5.41) is 8.84. The van der Waals surface area contributed by atoms with Crippen LogP contribution < -0.4 is 0 Å². The topological polar surface area (TPSA) is 54.4 Å². The van der Waals surface area contributed by atoms with Gasteiger partial charge in [0, 0.05) is 22.0 Å². The molecule has 1 aromatic carbocycles. The molecule has 0 aromatic heterocycles. The van der Waals surface area contributed by atoms with Crippen LogP contribution in [0, 0.1) is 0 Å². The minimum absolute atomic E-state index is 0.0191. The number of carboxylic acids is 1. The first-order valence-corrected chi connectivity index (χ1v) is 5.32. The average molecular weight is 219 g/mol. The highest BCUT2D eigenvalue weighted by atomic mass is 35.5. The molecular formula is C8H7ClO3S. The van der Waals surface area contributed by atoms with Crippen LogP contribution in [-0.2, 0) is 10.8 Å².